The van der Waals surface area contributed by atoms with E-state index in [1.54, 1.807) is 25.3 Å². The zero-order valence-corrected chi connectivity index (χ0v) is 17.8. The van der Waals surface area contributed by atoms with Gasteiger partial charge in [-0.05, 0) is 36.8 Å². The number of likely N-dealkylation sites (tertiary alicyclic amines) is 1. The number of anilines is 1. The van der Waals surface area contributed by atoms with E-state index in [0.29, 0.717) is 23.6 Å². The molecule has 1 N–H and O–H groups in total. The zero-order valence-electron chi connectivity index (χ0n) is 17.8. The summed E-state index contributed by atoms with van der Waals surface area (Å²) < 4.78 is 10.5. The van der Waals surface area contributed by atoms with Gasteiger partial charge in [0, 0.05) is 24.9 Å². The number of amides is 3. The lowest BCUT2D eigenvalue weighted by Crippen LogP contribution is -2.59. The van der Waals surface area contributed by atoms with E-state index in [-0.39, 0.29) is 42.0 Å². The molecule has 7 heteroatoms. The number of ether oxygens (including phenoxy) is 2. The van der Waals surface area contributed by atoms with E-state index in [4.69, 9.17) is 9.47 Å². The van der Waals surface area contributed by atoms with E-state index in [2.05, 4.69) is 5.32 Å². The number of carbonyl (C=O) groups excluding carboxylic acids is 3. The van der Waals surface area contributed by atoms with Crippen LogP contribution < -0.4 is 14.8 Å². The number of hydrogen-bond acceptors (Lipinski definition) is 5. The predicted octanol–water partition coefficient (Wildman–Crippen LogP) is 3.23. The number of benzene rings is 1. The normalized spacial score (nSPS) is 25.1. The summed E-state index contributed by atoms with van der Waals surface area (Å²) in [5, 5.41) is 2.81. The van der Waals surface area contributed by atoms with Crippen molar-refractivity contribution in [2.45, 2.75) is 46.5 Å². The Morgan fingerprint density at radius 3 is 2.59 bits per heavy atom. The Bertz CT molecular complexity index is 834. The molecule has 1 aromatic carbocycles. The first-order valence-corrected chi connectivity index (χ1v) is 10.0. The Kier molecular flexibility index (Phi) is 5.61. The fourth-order valence-electron chi connectivity index (χ4n) is 4.64. The highest BCUT2D eigenvalue weighted by molar-refractivity contribution is 6.03. The zero-order chi connectivity index (χ0) is 21.4. The third-order valence-corrected chi connectivity index (χ3v) is 6.97. The molecular formula is C22H30N2O5. The van der Waals surface area contributed by atoms with Crippen molar-refractivity contribution in [2.75, 3.05) is 26.1 Å². The lowest BCUT2D eigenvalue weighted by molar-refractivity contribution is -0.168. The monoisotopic (exact) mass is 402 g/mol. The summed E-state index contributed by atoms with van der Waals surface area (Å²) in [5.74, 6) is 0.619. The van der Waals surface area contributed by atoms with Gasteiger partial charge in [0.05, 0.1) is 25.3 Å². The molecule has 3 rings (SSSR count). The van der Waals surface area contributed by atoms with Crippen molar-refractivity contribution in [3.8, 4) is 11.5 Å². The van der Waals surface area contributed by atoms with Crippen LogP contribution in [0.1, 0.15) is 46.5 Å². The third kappa shape index (κ3) is 3.47. The van der Waals surface area contributed by atoms with Gasteiger partial charge in [-0.2, -0.15) is 0 Å². The molecular weight excluding hydrogens is 372 g/mol. The van der Waals surface area contributed by atoms with Crippen molar-refractivity contribution < 1.29 is 23.9 Å². The molecule has 1 aliphatic carbocycles. The first-order valence-electron chi connectivity index (χ1n) is 10.0. The molecule has 3 amide bonds. The lowest BCUT2D eigenvalue weighted by Gasteiger charge is -2.47. The molecule has 1 saturated heterocycles. The number of hydrogen-bond donors (Lipinski definition) is 1. The number of carbonyl (C=O) groups is 3. The molecule has 7 nitrogen and oxygen atoms in total. The van der Waals surface area contributed by atoms with Gasteiger partial charge in [-0.25, -0.2) is 0 Å². The van der Waals surface area contributed by atoms with Crippen LogP contribution in [-0.2, 0) is 14.4 Å². The van der Waals surface area contributed by atoms with Gasteiger partial charge >= 0.3 is 0 Å². The number of nitrogens with one attached hydrogen (secondary N) is 1. The number of imide groups is 1. The summed E-state index contributed by atoms with van der Waals surface area (Å²) in [7, 11) is 3.08. The van der Waals surface area contributed by atoms with E-state index in [0.717, 1.165) is 12.8 Å². The Morgan fingerprint density at radius 2 is 1.93 bits per heavy atom. The van der Waals surface area contributed by atoms with Gasteiger partial charge in [0.2, 0.25) is 17.7 Å². The maximum atomic E-state index is 13.0. The van der Waals surface area contributed by atoms with Gasteiger partial charge < -0.3 is 14.8 Å². The molecule has 2 aliphatic rings. The maximum Gasteiger partial charge on any atom is 0.235 e. The lowest BCUT2D eigenvalue weighted by atomic mass is 9.62. The van der Waals surface area contributed by atoms with Gasteiger partial charge in [-0.1, -0.05) is 20.8 Å². The molecule has 29 heavy (non-hydrogen) atoms. The molecule has 0 radical (unpaired) electrons. The van der Waals surface area contributed by atoms with Crippen LogP contribution in [0.2, 0.25) is 0 Å². The van der Waals surface area contributed by atoms with Crippen LogP contribution in [0.4, 0.5) is 5.69 Å². The van der Waals surface area contributed by atoms with Crippen LogP contribution in [0, 0.1) is 16.7 Å². The van der Waals surface area contributed by atoms with Gasteiger partial charge in [0.25, 0.3) is 0 Å². The van der Waals surface area contributed by atoms with Crippen molar-refractivity contribution in [3.05, 3.63) is 18.2 Å². The topological polar surface area (TPSA) is 84.9 Å². The fourth-order valence-corrected chi connectivity index (χ4v) is 4.64. The van der Waals surface area contributed by atoms with Gasteiger partial charge in [0.15, 0.2) is 0 Å². The van der Waals surface area contributed by atoms with Crippen LogP contribution in [-0.4, -0.2) is 43.4 Å². The average molecular weight is 402 g/mol. The molecule has 2 fully saturated rings. The second kappa shape index (κ2) is 7.69. The summed E-state index contributed by atoms with van der Waals surface area (Å²) in [4.78, 5) is 39.6. The minimum Gasteiger partial charge on any atom is -0.497 e. The molecule has 1 saturated carbocycles. The van der Waals surface area contributed by atoms with Crippen LogP contribution >= 0.6 is 0 Å². The van der Waals surface area contributed by atoms with E-state index >= 15 is 0 Å². The largest absolute Gasteiger partial charge is 0.497 e. The van der Waals surface area contributed by atoms with E-state index in [9.17, 15) is 14.4 Å². The van der Waals surface area contributed by atoms with Gasteiger partial charge in [-0.3, -0.25) is 19.3 Å². The van der Waals surface area contributed by atoms with E-state index < -0.39 is 5.41 Å². The summed E-state index contributed by atoms with van der Waals surface area (Å²) in [6, 6.07) is 5.16. The Morgan fingerprint density at radius 1 is 1.21 bits per heavy atom. The maximum absolute atomic E-state index is 13.0. The van der Waals surface area contributed by atoms with Crippen LogP contribution in [0.5, 0.6) is 11.5 Å². The van der Waals surface area contributed by atoms with Gasteiger partial charge in [-0.15, -0.1) is 0 Å². The van der Waals surface area contributed by atoms with Crippen molar-refractivity contribution in [2.24, 2.45) is 16.7 Å². The second-order valence-electron chi connectivity index (χ2n) is 8.66. The van der Waals surface area contributed by atoms with Crippen molar-refractivity contribution in [3.63, 3.8) is 0 Å². The highest BCUT2D eigenvalue weighted by atomic mass is 16.5. The molecule has 2 unspecified atom stereocenters. The predicted molar refractivity (Wildman–Crippen MR) is 109 cm³/mol. The highest BCUT2D eigenvalue weighted by Gasteiger charge is 2.64. The first kappa shape index (κ1) is 21.1. The fraction of sp³-hybridized carbons (Fsp3) is 0.591. The minimum absolute atomic E-state index is 0.0927. The molecule has 1 heterocycles. The van der Waals surface area contributed by atoms with Crippen LogP contribution in [0.15, 0.2) is 18.2 Å². The Labute approximate surface area is 171 Å². The highest BCUT2D eigenvalue weighted by Crippen LogP contribution is 2.60. The van der Waals surface area contributed by atoms with E-state index in [1.165, 1.54) is 12.0 Å². The summed E-state index contributed by atoms with van der Waals surface area (Å²) in [5.41, 5.74) is -0.311. The van der Waals surface area contributed by atoms with Crippen LogP contribution in [0.3, 0.4) is 0 Å². The molecule has 0 spiro atoms. The summed E-state index contributed by atoms with van der Waals surface area (Å²) >= 11 is 0. The van der Waals surface area contributed by atoms with Crippen LogP contribution in [0.25, 0.3) is 0 Å². The van der Waals surface area contributed by atoms with Gasteiger partial charge in [0.1, 0.15) is 11.5 Å². The molecule has 2 atom stereocenters. The third-order valence-electron chi connectivity index (χ3n) is 6.97. The molecule has 158 valence electrons. The molecule has 2 bridgehead atoms. The summed E-state index contributed by atoms with van der Waals surface area (Å²) in [6.45, 7) is 6.28. The van der Waals surface area contributed by atoms with Crippen molar-refractivity contribution >= 4 is 23.4 Å². The number of methoxy groups -OCH3 is 2. The molecule has 1 aromatic rings. The molecule has 0 aromatic heterocycles. The Balaban J connectivity index is 1.60. The van der Waals surface area contributed by atoms with E-state index in [1.807, 2.05) is 20.8 Å². The Hall–Kier alpha value is -2.57. The van der Waals surface area contributed by atoms with Crippen molar-refractivity contribution in [1.29, 1.82) is 0 Å². The summed E-state index contributed by atoms with van der Waals surface area (Å²) in [6.07, 6.45) is 2.10. The minimum atomic E-state index is -0.512. The standard InChI is InChI=1S/C22H30N2O5/c1-21(2)15-10-11-22(21,3)20(27)24(19(15)26)12-6-7-18(25)23-16-13-14(28-4)8-9-17(16)29-5/h8-9,13,15H,6-7,10-12H2,1-5H3,(H,23,25). The molecule has 1 aliphatic heterocycles. The second-order valence-corrected chi connectivity index (χ2v) is 8.66. The van der Waals surface area contributed by atoms with Crippen molar-refractivity contribution in [1.82, 2.24) is 4.90 Å². The quantitative estimate of drug-likeness (QED) is 0.708. The number of fused-ring (bicyclic) bond motifs is 2. The smallest absolute Gasteiger partial charge is 0.235 e. The SMILES string of the molecule is COc1ccc(OC)c(NC(=O)CCCN2C(=O)C3CCC(C)(C2=O)C3(C)C)c1. The number of piperidine rings is 1. The first-order chi connectivity index (χ1) is 13.7. The number of rotatable bonds is 7. The number of nitrogens with zero attached hydrogens (tertiary/aromatic N) is 1. The average Bonchev–Trinajstić information content (AvgIpc) is 2.88.